The Kier molecular flexibility index (Phi) is 5.11. The van der Waals surface area contributed by atoms with Crippen molar-refractivity contribution in [2.75, 3.05) is 0 Å². The van der Waals surface area contributed by atoms with Crippen molar-refractivity contribution in [3.05, 3.63) is 47.7 Å². The molecule has 0 radical (unpaired) electrons. The molecule has 2 nitrogen and oxygen atoms in total. The van der Waals surface area contributed by atoms with Crippen LogP contribution in [0.25, 0.3) is 0 Å². The van der Waals surface area contributed by atoms with Gasteiger partial charge in [-0.2, -0.15) is 0 Å². The van der Waals surface area contributed by atoms with Gasteiger partial charge in [-0.05, 0) is 25.3 Å². The third kappa shape index (κ3) is 3.21. The second-order valence-corrected chi connectivity index (χ2v) is 4.70. The van der Waals surface area contributed by atoms with Gasteiger partial charge in [0.05, 0.1) is 3.92 Å². The lowest BCUT2D eigenvalue weighted by Crippen LogP contribution is -2.25. The van der Waals surface area contributed by atoms with Crippen LogP contribution in [0, 0.1) is 0 Å². The normalized spacial score (nSPS) is 18.3. The summed E-state index contributed by atoms with van der Waals surface area (Å²) in [6, 6.07) is 0. The van der Waals surface area contributed by atoms with E-state index in [1.54, 1.807) is 0 Å². The molecule has 0 amide bonds. The molecule has 0 fully saturated rings. The molecular formula is C12H17IN2. The van der Waals surface area contributed by atoms with Gasteiger partial charge < -0.3 is 5.43 Å². The van der Waals surface area contributed by atoms with E-state index >= 15 is 0 Å². The van der Waals surface area contributed by atoms with Gasteiger partial charge in [0, 0.05) is 5.70 Å². The second-order valence-electron chi connectivity index (χ2n) is 3.45. The summed E-state index contributed by atoms with van der Waals surface area (Å²) in [7, 11) is 0. The third-order valence-electron chi connectivity index (χ3n) is 2.43. The minimum atomic E-state index is 0.385. The predicted octanol–water partition coefficient (Wildman–Crippen LogP) is 2.99. The lowest BCUT2D eigenvalue weighted by atomic mass is 9.91. The molecule has 0 aliphatic heterocycles. The number of nitrogens with two attached hydrogens (primary N) is 1. The Bertz CT molecular complexity index is 327. The number of hydrazine groups is 1. The zero-order chi connectivity index (χ0) is 11.3. The van der Waals surface area contributed by atoms with Gasteiger partial charge in [0.2, 0.25) is 0 Å². The molecule has 1 aliphatic rings. The highest BCUT2D eigenvalue weighted by molar-refractivity contribution is 14.1. The van der Waals surface area contributed by atoms with E-state index in [1.807, 2.05) is 19.1 Å². The number of allylic oxidation sites excluding steroid dienone is 6. The molecule has 0 spiro atoms. The van der Waals surface area contributed by atoms with E-state index in [4.69, 9.17) is 5.84 Å². The molecule has 0 aromatic rings. The van der Waals surface area contributed by atoms with Crippen LogP contribution in [0.4, 0.5) is 0 Å². The molecule has 0 heterocycles. The van der Waals surface area contributed by atoms with Crippen molar-refractivity contribution >= 4 is 22.6 Å². The topological polar surface area (TPSA) is 38.0 Å². The first-order chi connectivity index (χ1) is 7.20. The van der Waals surface area contributed by atoms with E-state index in [1.165, 1.54) is 18.4 Å². The standard InChI is InChI=1S/C12H17IN2/c1-3-4-8-11(9(2)15-14)12(13)10-6-5-7-10/h3-4,6,8,12,15H,2,5,7,14H2,1H3/b4-3-,11-8+. The molecule has 0 saturated carbocycles. The van der Waals surface area contributed by atoms with Crippen LogP contribution in [0.2, 0.25) is 0 Å². The summed E-state index contributed by atoms with van der Waals surface area (Å²) in [5.41, 5.74) is 6.05. The second kappa shape index (κ2) is 6.12. The van der Waals surface area contributed by atoms with Gasteiger partial charge in [-0.25, -0.2) is 0 Å². The van der Waals surface area contributed by atoms with E-state index in [2.05, 4.69) is 46.7 Å². The van der Waals surface area contributed by atoms with Gasteiger partial charge in [0.1, 0.15) is 0 Å². The number of halogens is 1. The number of alkyl halides is 1. The average Bonchev–Trinajstić information content (AvgIpc) is 2.15. The smallest absolute Gasteiger partial charge is 0.0589 e. The maximum atomic E-state index is 5.40. The summed E-state index contributed by atoms with van der Waals surface area (Å²) < 4.78 is 0.385. The highest BCUT2D eigenvalue weighted by Gasteiger charge is 2.20. The van der Waals surface area contributed by atoms with Gasteiger partial charge >= 0.3 is 0 Å². The van der Waals surface area contributed by atoms with Crippen LogP contribution < -0.4 is 11.3 Å². The monoisotopic (exact) mass is 316 g/mol. The molecule has 1 unspecified atom stereocenters. The van der Waals surface area contributed by atoms with Crippen molar-refractivity contribution in [2.24, 2.45) is 5.84 Å². The number of rotatable bonds is 5. The van der Waals surface area contributed by atoms with E-state index in [-0.39, 0.29) is 0 Å². The Morgan fingerprint density at radius 3 is 2.80 bits per heavy atom. The molecule has 1 rings (SSSR count). The summed E-state index contributed by atoms with van der Waals surface area (Å²) in [4.78, 5) is 0. The van der Waals surface area contributed by atoms with Crippen LogP contribution in [-0.2, 0) is 0 Å². The van der Waals surface area contributed by atoms with Crippen LogP contribution in [0.3, 0.4) is 0 Å². The zero-order valence-corrected chi connectivity index (χ0v) is 11.1. The molecule has 3 heteroatoms. The lowest BCUT2D eigenvalue weighted by molar-refractivity contribution is 0.824. The molecule has 82 valence electrons. The minimum Gasteiger partial charge on any atom is -0.324 e. The van der Waals surface area contributed by atoms with E-state index in [0.29, 0.717) is 3.92 Å². The molecule has 0 aromatic heterocycles. The van der Waals surface area contributed by atoms with Crippen molar-refractivity contribution in [3.8, 4) is 0 Å². The molecule has 3 N–H and O–H groups in total. The summed E-state index contributed by atoms with van der Waals surface area (Å²) >= 11 is 2.43. The maximum absolute atomic E-state index is 5.40. The highest BCUT2D eigenvalue weighted by atomic mass is 127. The quantitative estimate of drug-likeness (QED) is 0.204. The number of hydrogen-bond donors (Lipinski definition) is 2. The molecule has 15 heavy (non-hydrogen) atoms. The van der Waals surface area contributed by atoms with Gasteiger partial charge in [0.15, 0.2) is 0 Å². The Hall–Kier alpha value is -0.550. The van der Waals surface area contributed by atoms with Gasteiger partial charge in [-0.15, -0.1) is 0 Å². The van der Waals surface area contributed by atoms with Crippen LogP contribution in [0.5, 0.6) is 0 Å². The van der Waals surface area contributed by atoms with Gasteiger partial charge in [0.25, 0.3) is 0 Å². The molecule has 1 atom stereocenters. The van der Waals surface area contributed by atoms with Crippen molar-refractivity contribution in [1.82, 2.24) is 5.43 Å². The Balaban J connectivity index is 2.84. The zero-order valence-electron chi connectivity index (χ0n) is 8.96. The summed E-state index contributed by atoms with van der Waals surface area (Å²) in [5.74, 6) is 5.40. The SMILES string of the molecule is C=C(NN)/C(=C\C=C/C)C(I)C1=CCC1. The third-order valence-corrected chi connectivity index (χ3v) is 3.90. The van der Waals surface area contributed by atoms with Gasteiger partial charge in [-0.3, -0.25) is 5.84 Å². The summed E-state index contributed by atoms with van der Waals surface area (Å²) in [6.45, 7) is 5.92. The molecule has 1 aliphatic carbocycles. The Morgan fingerprint density at radius 1 is 1.73 bits per heavy atom. The fraction of sp³-hybridized carbons (Fsp3) is 0.333. The molecule has 0 saturated heterocycles. The largest absolute Gasteiger partial charge is 0.324 e. The average molecular weight is 316 g/mol. The van der Waals surface area contributed by atoms with E-state index in [0.717, 1.165) is 11.3 Å². The van der Waals surface area contributed by atoms with Crippen LogP contribution in [0.15, 0.2) is 47.7 Å². The van der Waals surface area contributed by atoms with E-state index < -0.39 is 0 Å². The van der Waals surface area contributed by atoms with Crippen LogP contribution >= 0.6 is 22.6 Å². The first-order valence-corrected chi connectivity index (χ1v) is 6.27. The van der Waals surface area contributed by atoms with Crippen molar-refractivity contribution in [2.45, 2.75) is 23.7 Å². The molecular weight excluding hydrogens is 299 g/mol. The summed E-state index contributed by atoms with van der Waals surface area (Å²) in [5, 5.41) is 0. The van der Waals surface area contributed by atoms with Crippen molar-refractivity contribution in [1.29, 1.82) is 0 Å². The van der Waals surface area contributed by atoms with Crippen molar-refractivity contribution in [3.63, 3.8) is 0 Å². The molecule has 0 bridgehead atoms. The maximum Gasteiger partial charge on any atom is 0.0589 e. The van der Waals surface area contributed by atoms with Gasteiger partial charge in [-0.1, -0.05) is 59.0 Å². The highest BCUT2D eigenvalue weighted by Crippen LogP contribution is 2.33. The first-order valence-electron chi connectivity index (χ1n) is 5.02. The van der Waals surface area contributed by atoms with E-state index in [9.17, 15) is 0 Å². The number of hydrogen-bond acceptors (Lipinski definition) is 2. The Labute approximate surface area is 105 Å². The molecule has 0 aromatic carbocycles. The summed E-state index contributed by atoms with van der Waals surface area (Å²) in [6.07, 6.45) is 10.8. The lowest BCUT2D eigenvalue weighted by Gasteiger charge is -2.23. The fourth-order valence-corrected chi connectivity index (χ4v) is 2.51. The first kappa shape index (κ1) is 12.5. The minimum absolute atomic E-state index is 0.385. The van der Waals surface area contributed by atoms with Crippen LogP contribution in [-0.4, -0.2) is 3.92 Å². The number of nitrogens with one attached hydrogen (secondary N) is 1. The van der Waals surface area contributed by atoms with Crippen LogP contribution in [0.1, 0.15) is 19.8 Å². The Morgan fingerprint density at radius 2 is 2.40 bits per heavy atom. The van der Waals surface area contributed by atoms with Crippen molar-refractivity contribution < 1.29 is 0 Å². The fourth-order valence-electron chi connectivity index (χ4n) is 1.36. The predicted molar refractivity (Wildman–Crippen MR) is 74.5 cm³/mol.